The number of piperidine rings is 1. The number of likely N-dealkylation sites (tertiary alicyclic amines) is 1. The summed E-state index contributed by atoms with van der Waals surface area (Å²) >= 11 is 0. The Morgan fingerprint density at radius 3 is 2.62 bits per heavy atom. The molecule has 1 aliphatic heterocycles. The minimum atomic E-state index is -0.178. The molecule has 0 radical (unpaired) electrons. The summed E-state index contributed by atoms with van der Waals surface area (Å²) in [5.41, 5.74) is 2.98. The van der Waals surface area contributed by atoms with Crippen molar-refractivity contribution >= 4 is 17.5 Å². The van der Waals surface area contributed by atoms with Gasteiger partial charge in [0.25, 0.3) is 0 Å². The van der Waals surface area contributed by atoms with Crippen LogP contribution in [0.25, 0.3) is 0 Å². The number of hydrogen-bond acceptors (Lipinski definition) is 5. The molecule has 1 aliphatic rings. The Bertz CT molecular complexity index is 977. The van der Waals surface area contributed by atoms with Crippen LogP contribution in [0.5, 0.6) is 0 Å². The Morgan fingerprint density at radius 2 is 1.94 bits per heavy atom. The van der Waals surface area contributed by atoms with Gasteiger partial charge < -0.3 is 15.0 Å². The van der Waals surface area contributed by atoms with Crippen molar-refractivity contribution in [1.82, 2.24) is 9.80 Å². The molecule has 1 N–H and O–H groups in total. The van der Waals surface area contributed by atoms with Crippen LogP contribution >= 0.6 is 0 Å². The van der Waals surface area contributed by atoms with Crippen LogP contribution in [0.3, 0.4) is 0 Å². The van der Waals surface area contributed by atoms with Crippen molar-refractivity contribution in [3.8, 4) is 6.07 Å². The molecule has 2 aromatic carbocycles. The lowest BCUT2D eigenvalue weighted by Crippen LogP contribution is -2.49. The fourth-order valence-corrected chi connectivity index (χ4v) is 4.04. The average molecular weight is 435 g/mol. The van der Waals surface area contributed by atoms with Gasteiger partial charge in [-0.3, -0.25) is 9.69 Å². The Balaban J connectivity index is 1.61. The Morgan fingerprint density at radius 1 is 1.19 bits per heavy atom. The van der Waals surface area contributed by atoms with Gasteiger partial charge in [0.2, 0.25) is 0 Å². The fourth-order valence-electron chi connectivity index (χ4n) is 4.04. The van der Waals surface area contributed by atoms with E-state index in [-0.39, 0.29) is 17.9 Å². The molecule has 3 rings (SSSR count). The highest BCUT2D eigenvalue weighted by Gasteiger charge is 2.28. The van der Waals surface area contributed by atoms with Gasteiger partial charge in [-0.25, -0.2) is 4.79 Å². The molecule has 168 valence electrons. The first kappa shape index (κ1) is 23.5. The molecule has 0 bridgehead atoms. The van der Waals surface area contributed by atoms with E-state index in [4.69, 9.17) is 10.00 Å². The molecule has 0 atom stereocenters. The predicted octanol–water partition coefficient (Wildman–Crippen LogP) is 3.91. The second kappa shape index (κ2) is 11.4. The molecule has 1 saturated heterocycles. The number of nitrogens with one attached hydrogen (secondary N) is 1. The number of Topliss-reactive ketones (excluding diaryl/α,β-unsaturated/α-hetero) is 1. The molecule has 0 unspecified atom stereocenters. The smallest absolute Gasteiger partial charge is 0.322 e. The summed E-state index contributed by atoms with van der Waals surface area (Å²) in [5, 5.41) is 12.0. The van der Waals surface area contributed by atoms with Gasteiger partial charge in [-0.05, 0) is 49.6 Å². The summed E-state index contributed by atoms with van der Waals surface area (Å²) < 4.78 is 5.23. The highest BCUT2D eigenvalue weighted by molar-refractivity contribution is 5.96. The van der Waals surface area contributed by atoms with E-state index in [1.165, 1.54) is 6.92 Å². The lowest BCUT2D eigenvalue weighted by atomic mass is 10.0. The lowest BCUT2D eigenvalue weighted by Gasteiger charge is -2.38. The standard InChI is InChI=1S/C25H30N4O3/c1-19(30)22-7-4-8-23(16-22)27-25(31)29(13-14-32-2)24-9-11-28(12-10-24)18-21-6-3-5-20(15-21)17-26/h3-8,15-16,24H,9-14,18H2,1-2H3,(H,27,31). The third-order valence-corrected chi connectivity index (χ3v) is 5.78. The van der Waals surface area contributed by atoms with E-state index in [0.717, 1.165) is 38.0 Å². The number of carbonyl (C=O) groups is 2. The number of urea groups is 1. The van der Waals surface area contributed by atoms with Crippen molar-refractivity contribution < 1.29 is 14.3 Å². The fraction of sp³-hybridized carbons (Fsp3) is 0.400. The zero-order valence-electron chi connectivity index (χ0n) is 18.7. The molecular formula is C25H30N4O3. The number of nitrogens with zero attached hydrogens (tertiary/aromatic N) is 3. The summed E-state index contributed by atoms with van der Waals surface area (Å²) in [4.78, 5) is 28.9. The van der Waals surface area contributed by atoms with Crippen LogP contribution in [0.1, 0.15) is 41.3 Å². The van der Waals surface area contributed by atoms with Crippen LogP contribution in [0, 0.1) is 11.3 Å². The zero-order valence-corrected chi connectivity index (χ0v) is 18.7. The normalized spacial score (nSPS) is 14.5. The number of amides is 2. The second-order valence-corrected chi connectivity index (χ2v) is 8.07. The van der Waals surface area contributed by atoms with Crippen LogP contribution in [-0.4, -0.2) is 61.0 Å². The van der Waals surface area contributed by atoms with Crippen LogP contribution < -0.4 is 5.32 Å². The Hall–Kier alpha value is -3.21. The van der Waals surface area contributed by atoms with Crippen LogP contribution in [-0.2, 0) is 11.3 Å². The largest absolute Gasteiger partial charge is 0.383 e. The summed E-state index contributed by atoms with van der Waals surface area (Å²) in [6.45, 7) is 5.02. The number of carbonyl (C=O) groups excluding carboxylic acids is 2. The topological polar surface area (TPSA) is 85.7 Å². The van der Waals surface area contributed by atoms with Crippen LogP contribution in [0.4, 0.5) is 10.5 Å². The molecule has 0 aromatic heterocycles. The molecule has 1 heterocycles. The van der Waals surface area contributed by atoms with E-state index in [0.29, 0.717) is 30.0 Å². The Kier molecular flexibility index (Phi) is 8.37. The molecule has 2 amide bonds. The van der Waals surface area contributed by atoms with E-state index in [2.05, 4.69) is 16.3 Å². The molecule has 0 spiro atoms. The molecule has 7 heteroatoms. The summed E-state index contributed by atoms with van der Waals surface area (Å²) in [6, 6.07) is 16.8. The first-order valence-electron chi connectivity index (χ1n) is 10.9. The van der Waals surface area contributed by atoms with Crippen LogP contribution in [0.15, 0.2) is 48.5 Å². The number of hydrogen-bond donors (Lipinski definition) is 1. The SMILES string of the molecule is COCCN(C(=O)Nc1cccc(C(C)=O)c1)C1CCN(Cc2cccc(C#N)c2)CC1. The number of nitriles is 1. The minimum absolute atomic E-state index is 0.0370. The van der Waals surface area contributed by atoms with Crippen LogP contribution in [0.2, 0.25) is 0 Å². The highest BCUT2D eigenvalue weighted by Crippen LogP contribution is 2.21. The van der Waals surface area contributed by atoms with Crippen molar-refractivity contribution in [2.45, 2.75) is 32.4 Å². The van der Waals surface area contributed by atoms with E-state index >= 15 is 0 Å². The highest BCUT2D eigenvalue weighted by atomic mass is 16.5. The van der Waals surface area contributed by atoms with Crippen molar-refractivity contribution in [3.63, 3.8) is 0 Å². The number of anilines is 1. The van der Waals surface area contributed by atoms with Gasteiger partial charge in [-0.2, -0.15) is 5.26 Å². The Labute approximate surface area is 189 Å². The lowest BCUT2D eigenvalue weighted by molar-refractivity contribution is 0.0983. The van der Waals surface area contributed by atoms with Crippen molar-refractivity contribution in [1.29, 1.82) is 5.26 Å². The summed E-state index contributed by atoms with van der Waals surface area (Å²) in [6.07, 6.45) is 1.73. The average Bonchev–Trinajstić information content (AvgIpc) is 2.80. The molecule has 0 aliphatic carbocycles. The molecule has 2 aromatic rings. The molecular weight excluding hydrogens is 404 g/mol. The van der Waals surface area contributed by atoms with Crippen molar-refractivity contribution in [2.75, 3.05) is 38.7 Å². The van der Waals surface area contributed by atoms with Crippen molar-refractivity contribution in [2.24, 2.45) is 0 Å². The number of benzene rings is 2. The number of ether oxygens (including phenoxy) is 1. The molecule has 1 fully saturated rings. The third kappa shape index (κ3) is 6.39. The van der Waals surface area contributed by atoms with E-state index in [9.17, 15) is 9.59 Å². The molecule has 0 saturated carbocycles. The summed E-state index contributed by atoms with van der Waals surface area (Å²) in [7, 11) is 1.63. The zero-order chi connectivity index (χ0) is 22.9. The minimum Gasteiger partial charge on any atom is -0.383 e. The van der Waals surface area contributed by atoms with E-state index < -0.39 is 0 Å². The van der Waals surface area contributed by atoms with Gasteiger partial charge in [0, 0.05) is 50.6 Å². The quantitative estimate of drug-likeness (QED) is 0.637. The third-order valence-electron chi connectivity index (χ3n) is 5.78. The van der Waals surface area contributed by atoms with Crippen molar-refractivity contribution in [3.05, 3.63) is 65.2 Å². The van der Waals surface area contributed by atoms with Gasteiger partial charge in [-0.15, -0.1) is 0 Å². The molecule has 32 heavy (non-hydrogen) atoms. The second-order valence-electron chi connectivity index (χ2n) is 8.07. The monoisotopic (exact) mass is 434 g/mol. The number of ketones is 1. The first-order chi connectivity index (χ1) is 15.5. The van der Waals surface area contributed by atoms with E-state index in [1.54, 1.807) is 31.4 Å². The van der Waals surface area contributed by atoms with E-state index in [1.807, 2.05) is 29.2 Å². The van der Waals surface area contributed by atoms with Gasteiger partial charge in [-0.1, -0.05) is 24.3 Å². The van der Waals surface area contributed by atoms with Gasteiger partial charge in [0.1, 0.15) is 0 Å². The first-order valence-corrected chi connectivity index (χ1v) is 10.9. The summed E-state index contributed by atoms with van der Waals surface area (Å²) in [5.74, 6) is -0.0370. The van der Waals surface area contributed by atoms with Gasteiger partial charge in [0.15, 0.2) is 5.78 Å². The number of methoxy groups -OCH3 is 1. The number of rotatable bonds is 8. The van der Waals surface area contributed by atoms with Gasteiger partial charge in [0.05, 0.1) is 18.2 Å². The predicted molar refractivity (Wildman–Crippen MR) is 124 cm³/mol. The van der Waals surface area contributed by atoms with Gasteiger partial charge >= 0.3 is 6.03 Å². The maximum absolute atomic E-state index is 13.1. The maximum Gasteiger partial charge on any atom is 0.322 e. The molecule has 7 nitrogen and oxygen atoms in total. The maximum atomic E-state index is 13.1.